The van der Waals surface area contributed by atoms with Gasteiger partial charge in [0.15, 0.2) is 0 Å². The number of piperidine rings is 1. The second-order valence-corrected chi connectivity index (χ2v) is 10.4. The van der Waals surface area contributed by atoms with Crippen LogP contribution >= 0.6 is 0 Å². The molecule has 1 aliphatic heterocycles. The van der Waals surface area contributed by atoms with E-state index in [1.165, 1.54) is 7.11 Å². The highest BCUT2D eigenvalue weighted by molar-refractivity contribution is 5.92. The van der Waals surface area contributed by atoms with Gasteiger partial charge in [-0.3, -0.25) is 9.59 Å². The van der Waals surface area contributed by atoms with E-state index in [0.29, 0.717) is 6.42 Å². The lowest BCUT2D eigenvalue weighted by molar-refractivity contribution is -0.145. The zero-order chi connectivity index (χ0) is 27.9. The van der Waals surface area contributed by atoms with Crippen molar-refractivity contribution < 1.29 is 19.1 Å². The maximum atomic E-state index is 13.7. The maximum Gasteiger partial charge on any atom is 0.328 e. The maximum absolute atomic E-state index is 13.7. The van der Waals surface area contributed by atoms with Gasteiger partial charge < -0.3 is 20.7 Å². The van der Waals surface area contributed by atoms with Crippen LogP contribution < -0.4 is 16.0 Å². The van der Waals surface area contributed by atoms with Crippen LogP contribution in [0.4, 0.5) is 0 Å². The van der Waals surface area contributed by atoms with Crippen LogP contribution in [0, 0.1) is 5.92 Å². The highest BCUT2D eigenvalue weighted by Crippen LogP contribution is 2.19. The molecule has 0 saturated carbocycles. The minimum atomic E-state index is -0.895. The normalized spacial score (nSPS) is 15.3. The monoisotopic (exact) mass is 537 g/mol. The van der Waals surface area contributed by atoms with Gasteiger partial charge in [-0.15, -0.1) is 0 Å². The summed E-state index contributed by atoms with van der Waals surface area (Å²) in [5, 5.41) is 13.5. The zero-order valence-electron chi connectivity index (χ0n) is 22.7. The number of methoxy groups -OCH3 is 1. The van der Waals surface area contributed by atoms with E-state index in [4.69, 9.17) is 4.74 Å². The largest absolute Gasteiger partial charge is 0.467 e. The summed E-state index contributed by atoms with van der Waals surface area (Å²) in [4.78, 5) is 39.7. The van der Waals surface area contributed by atoms with Crippen LogP contribution in [0.5, 0.6) is 0 Å². The van der Waals surface area contributed by atoms with Crippen molar-refractivity contribution in [3.63, 3.8) is 0 Å². The summed E-state index contributed by atoms with van der Waals surface area (Å²) in [6, 6.07) is 26.3. The van der Waals surface area contributed by atoms with Gasteiger partial charge in [-0.1, -0.05) is 84.9 Å². The molecule has 0 unspecified atom stereocenters. The van der Waals surface area contributed by atoms with Gasteiger partial charge in [0.2, 0.25) is 11.8 Å². The Hall–Kier alpha value is -4.23. The van der Waals surface area contributed by atoms with Crippen LogP contribution in [0.2, 0.25) is 0 Å². The lowest BCUT2D eigenvalue weighted by Crippen LogP contribution is -2.54. The number of amides is 2. The number of esters is 1. The van der Waals surface area contributed by atoms with Crippen LogP contribution in [0.25, 0.3) is 21.5 Å². The Kier molecular flexibility index (Phi) is 8.71. The number of ether oxygens (including phenoxy) is 1. The predicted octanol–water partition coefficient (Wildman–Crippen LogP) is 3.92. The van der Waals surface area contributed by atoms with Gasteiger partial charge in [-0.25, -0.2) is 4.79 Å². The Morgan fingerprint density at radius 2 is 1.27 bits per heavy atom. The minimum Gasteiger partial charge on any atom is -0.467 e. The molecule has 4 aromatic rings. The van der Waals surface area contributed by atoms with Gasteiger partial charge >= 0.3 is 5.97 Å². The summed E-state index contributed by atoms with van der Waals surface area (Å²) < 4.78 is 5.05. The first-order valence-corrected chi connectivity index (χ1v) is 13.8. The number of fused-ring (bicyclic) bond motifs is 2. The molecule has 40 heavy (non-hydrogen) atoms. The standard InChI is InChI=1S/C33H35N3O4/c1-40-33(39)30(21-23-11-13-25-7-3-5-9-28(25)19-23)36-32(38)29(35-31(37)26-14-16-34-17-15-26)20-22-10-12-24-6-2-4-8-27(24)18-22/h2-13,18-19,26,29-30,34H,14-17,20-21H2,1H3,(H,35,37)(H,36,38)/t29-,30-/m1/s1. The molecule has 1 fully saturated rings. The molecule has 0 radical (unpaired) electrons. The molecule has 3 N–H and O–H groups in total. The van der Waals surface area contributed by atoms with Crippen molar-refractivity contribution in [2.75, 3.05) is 20.2 Å². The van der Waals surface area contributed by atoms with Gasteiger partial charge in [-0.05, 0) is 58.6 Å². The molecule has 1 saturated heterocycles. The van der Waals surface area contributed by atoms with Crippen molar-refractivity contribution in [2.45, 2.75) is 37.8 Å². The number of hydrogen-bond donors (Lipinski definition) is 3. The minimum absolute atomic E-state index is 0.133. The van der Waals surface area contributed by atoms with Crippen LogP contribution in [-0.4, -0.2) is 50.1 Å². The summed E-state index contributed by atoms with van der Waals surface area (Å²) in [5.74, 6) is -1.23. The first-order valence-electron chi connectivity index (χ1n) is 13.8. The zero-order valence-corrected chi connectivity index (χ0v) is 22.7. The van der Waals surface area contributed by atoms with Gasteiger partial charge in [-0.2, -0.15) is 0 Å². The summed E-state index contributed by atoms with van der Waals surface area (Å²) in [7, 11) is 1.31. The first kappa shape index (κ1) is 27.3. The Balaban J connectivity index is 1.37. The number of benzene rings is 4. The Morgan fingerprint density at radius 1 is 0.750 bits per heavy atom. The summed E-state index contributed by atoms with van der Waals surface area (Å²) >= 11 is 0. The van der Waals surface area contributed by atoms with Gasteiger partial charge in [0, 0.05) is 18.8 Å². The van der Waals surface area contributed by atoms with Crippen LogP contribution in [0.3, 0.4) is 0 Å². The van der Waals surface area contributed by atoms with Crippen molar-refractivity contribution in [3.8, 4) is 0 Å². The third kappa shape index (κ3) is 6.66. The smallest absolute Gasteiger partial charge is 0.328 e. The fourth-order valence-electron chi connectivity index (χ4n) is 5.39. The van der Waals surface area contributed by atoms with Crippen molar-refractivity contribution in [1.29, 1.82) is 0 Å². The second-order valence-electron chi connectivity index (χ2n) is 10.4. The van der Waals surface area contributed by atoms with E-state index in [1.807, 2.05) is 84.9 Å². The lowest BCUT2D eigenvalue weighted by atomic mass is 9.95. The van der Waals surface area contributed by atoms with Crippen molar-refractivity contribution >= 4 is 39.3 Å². The molecule has 0 spiro atoms. The van der Waals surface area contributed by atoms with E-state index in [0.717, 1.165) is 58.6 Å². The highest BCUT2D eigenvalue weighted by atomic mass is 16.5. The first-order chi connectivity index (χ1) is 19.5. The molecule has 0 bridgehead atoms. The molecule has 206 valence electrons. The molecule has 1 aliphatic rings. The predicted molar refractivity (Wildman–Crippen MR) is 157 cm³/mol. The molecule has 0 aromatic heterocycles. The highest BCUT2D eigenvalue weighted by Gasteiger charge is 2.30. The van der Waals surface area contributed by atoms with Crippen LogP contribution in [0.15, 0.2) is 84.9 Å². The molecule has 0 aliphatic carbocycles. The van der Waals surface area contributed by atoms with Gasteiger partial charge in [0.25, 0.3) is 0 Å². The van der Waals surface area contributed by atoms with E-state index < -0.39 is 24.0 Å². The van der Waals surface area contributed by atoms with Crippen LogP contribution in [0.1, 0.15) is 24.0 Å². The summed E-state index contributed by atoms with van der Waals surface area (Å²) in [6.07, 6.45) is 2.03. The van der Waals surface area contributed by atoms with E-state index >= 15 is 0 Å². The Morgan fingerprint density at radius 3 is 1.82 bits per heavy atom. The second kappa shape index (κ2) is 12.7. The van der Waals surface area contributed by atoms with Crippen molar-refractivity contribution in [2.24, 2.45) is 5.92 Å². The van der Waals surface area contributed by atoms with Crippen LogP contribution in [-0.2, 0) is 32.0 Å². The molecule has 7 heteroatoms. The lowest BCUT2D eigenvalue weighted by Gasteiger charge is -2.26. The Bertz CT molecular complexity index is 1510. The number of nitrogens with one attached hydrogen (secondary N) is 3. The number of rotatable bonds is 9. The van der Waals surface area contributed by atoms with E-state index in [2.05, 4.69) is 16.0 Å². The molecule has 4 aromatic carbocycles. The SMILES string of the molecule is COC(=O)[C@@H](Cc1ccc2ccccc2c1)NC(=O)[C@@H](Cc1ccc2ccccc2c1)NC(=O)C1CCNCC1. The fourth-order valence-corrected chi connectivity index (χ4v) is 5.39. The average Bonchev–Trinajstić information content (AvgIpc) is 3.00. The molecule has 7 nitrogen and oxygen atoms in total. The van der Waals surface area contributed by atoms with Crippen molar-refractivity contribution in [3.05, 3.63) is 96.1 Å². The summed E-state index contributed by atoms with van der Waals surface area (Å²) in [5.41, 5.74) is 1.83. The van der Waals surface area contributed by atoms with Gasteiger partial charge in [0.05, 0.1) is 7.11 Å². The third-order valence-electron chi connectivity index (χ3n) is 7.65. The molecule has 5 rings (SSSR count). The average molecular weight is 538 g/mol. The summed E-state index contributed by atoms with van der Waals surface area (Å²) in [6.45, 7) is 1.55. The topological polar surface area (TPSA) is 96.5 Å². The molecule has 1 heterocycles. The third-order valence-corrected chi connectivity index (χ3v) is 7.65. The van der Waals surface area contributed by atoms with E-state index in [9.17, 15) is 14.4 Å². The Labute approximate surface area is 234 Å². The quantitative estimate of drug-likeness (QED) is 0.281. The number of carbonyl (C=O) groups excluding carboxylic acids is 3. The molecular weight excluding hydrogens is 502 g/mol. The fraction of sp³-hybridized carbons (Fsp3) is 0.303. The molecular formula is C33H35N3O4. The number of carbonyl (C=O) groups is 3. The molecule has 2 amide bonds. The van der Waals surface area contributed by atoms with Crippen molar-refractivity contribution in [1.82, 2.24) is 16.0 Å². The molecule has 2 atom stereocenters. The van der Waals surface area contributed by atoms with Gasteiger partial charge in [0.1, 0.15) is 12.1 Å². The van der Waals surface area contributed by atoms with E-state index in [-0.39, 0.29) is 18.2 Å². The van der Waals surface area contributed by atoms with E-state index in [1.54, 1.807) is 0 Å². The number of hydrogen-bond acceptors (Lipinski definition) is 5.